The highest BCUT2D eigenvalue weighted by molar-refractivity contribution is 9.10. The first-order valence-corrected chi connectivity index (χ1v) is 10.5. The number of hydrazone groups is 1. The van der Waals surface area contributed by atoms with Crippen molar-refractivity contribution in [1.29, 1.82) is 0 Å². The van der Waals surface area contributed by atoms with Gasteiger partial charge in [-0.2, -0.15) is 5.10 Å². The minimum atomic E-state index is -0.331. The van der Waals surface area contributed by atoms with Gasteiger partial charge in [-0.25, -0.2) is 5.01 Å². The van der Waals surface area contributed by atoms with Gasteiger partial charge in [0.15, 0.2) is 0 Å². The van der Waals surface area contributed by atoms with Crippen LogP contribution < -0.4 is 4.74 Å². The fourth-order valence-electron chi connectivity index (χ4n) is 3.76. The minimum absolute atomic E-state index is 0.0934. The lowest BCUT2D eigenvalue weighted by Crippen LogP contribution is -2.33. The van der Waals surface area contributed by atoms with E-state index in [1.54, 1.807) is 0 Å². The summed E-state index contributed by atoms with van der Waals surface area (Å²) in [5.74, 6) is 0.877. The summed E-state index contributed by atoms with van der Waals surface area (Å²) >= 11 is 15.9. The third kappa shape index (κ3) is 3.20. The molecule has 0 saturated carbocycles. The predicted molar refractivity (Wildman–Crippen MR) is 116 cm³/mol. The van der Waals surface area contributed by atoms with Crippen LogP contribution in [0.1, 0.15) is 35.4 Å². The van der Waals surface area contributed by atoms with Crippen molar-refractivity contribution in [3.8, 4) is 5.75 Å². The summed E-state index contributed by atoms with van der Waals surface area (Å²) in [4.78, 5) is 0. The van der Waals surface area contributed by atoms with E-state index >= 15 is 0 Å². The number of rotatable bonds is 2. The molecule has 3 aromatic rings. The third-order valence-electron chi connectivity index (χ3n) is 5.06. The van der Waals surface area contributed by atoms with Crippen molar-refractivity contribution >= 4 is 44.8 Å². The van der Waals surface area contributed by atoms with Crippen molar-refractivity contribution in [2.24, 2.45) is 5.10 Å². The summed E-state index contributed by atoms with van der Waals surface area (Å²) in [6.45, 7) is 0. The van der Waals surface area contributed by atoms with Gasteiger partial charge in [-0.1, -0.05) is 63.4 Å². The molecule has 0 bridgehead atoms. The average molecular weight is 474 g/mol. The SMILES string of the molecule is Clc1ccc(C2=NN3[C@@H](C2)c2cc(Br)ccc2O[C@H]3c2cccc(Cl)c2)cc1. The molecule has 0 aromatic heterocycles. The second-order valence-corrected chi connectivity index (χ2v) is 8.65. The number of ether oxygens (including phenoxy) is 1. The maximum atomic E-state index is 6.36. The molecule has 5 rings (SSSR count). The zero-order chi connectivity index (χ0) is 19.3. The van der Waals surface area contributed by atoms with Gasteiger partial charge in [-0.3, -0.25) is 0 Å². The van der Waals surface area contributed by atoms with Gasteiger partial charge in [0.1, 0.15) is 5.75 Å². The van der Waals surface area contributed by atoms with Gasteiger partial charge < -0.3 is 4.74 Å². The first-order chi connectivity index (χ1) is 13.6. The Hall–Kier alpha value is -2.01. The zero-order valence-corrected chi connectivity index (χ0v) is 17.7. The van der Waals surface area contributed by atoms with Crippen LogP contribution in [-0.4, -0.2) is 10.7 Å². The zero-order valence-electron chi connectivity index (χ0n) is 14.6. The summed E-state index contributed by atoms with van der Waals surface area (Å²) in [6, 6.07) is 21.8. The fraction of sp³-hybridized carbons (Fsp3) is 0.136. The monoisotopic (exact) mass is 472 g/mol. The molecule has 0 saturated heterocycles. The van der Waals surface area contributed by atoms with Crippen LogP contribution in [0.3, 0.4) is 0 Å². The number of nitrogens with zero attached hydrogens (tertiary/aromatic N) is 2. The first-order valence-electron chi connectivity index (χ1n) is 8.92. The molecule has 0 radical (unpaired) electrons. The molecule has 2 heterocycles. The van der Waals surface area contributed by atoms with Crippen molar-refractivity contribution in [3.05, 3.63) is 97.9 Å². The number of hydrogen-bond acceptors (Lipinski definition) is 3. The van der Waals surface area contributed by atoms with Crippen LogP contribution in [-0.2, 0) is 0 Å². The molecule has 0 N–H and O–H groups in total. The topological polar surface area (TPSA) is 24.8 Å². The lowest BCUT2D eigenvalue weighted by Gasteiger charge is -2.38. The van der Waals surface area contributed by atoms with E-state index in [2.05, 4.69) is 22.0 Å². The van der Waals surface area contributed by atoms with E-state index in [1.165, 1.54) is 0 Å². The second-order valence-electron chi connectivity index (χ2n) is 6.86. The van der Waals surface area contributed by atoms with Gasteiger partial charge in [-0.05, 0) is 48.0 Å². The molecular formula is C22H15BrCl2N2O. The maximum Gasteiger partial charge on any atom is 0.213 e. The summed E-state index contributed by atoms with van der Waals surface area (Å²) in [5, 5.41) is 8.39. The van der Waals surface area contributed by atoms with Gasteiger partial charge >= 0.3 is 0 Å². The van der Waals surface area contributed by atoms with E-state index in [0.717, 1.165) is 44.1 Å². The summed E-state index contributed by atoms with van der Waals surface area (Å²) < 4.78 is 7.39. The highest BCUT2D eigenvalue weighted by Gasteiger charge is 2.41. The van der Waals surface area contributed by atoms with Gasteiger partial charge in [0.2, 0.25) is 6.23 Å². The Labute approximate surface area is 181 Å². The van der Waals surface area contributed by atoms with Crippen molar-refractivity contribution in [2.45, 2.75) is 18.7 Å². The van der Waals surface area contributed by atoms with Gasteiger partial charge in [0.05, 0.1) is 11.8 Å². The second kappa shape index (κ2) is 7.11. The number of benzene rings is 3. The van der Waals surface area contributed by atoms with Crippen molar-refractivity contribution in [2.75, 3.05) is 0 Å². The molecule has 0 fully saturated rings. The number of fused-ring (bicyclic) bond motifs is 3. The summed E-state index contributed by atoms with van der Waals surface area (Å²) in [5.41, 5.74) is 4.19. The molecule has 140 valence electrons. The van der Waals surface area contributed by atoms with E-state index < -0.39 is 0 Å². The molecule has 0 unspecified atom stereocenters. The van der Waals surface area contributed by atoms with Gasteiger partial charge in [0.25, 0.3) is 0 Å². The molecule has 3 aromatic carbocycles. The van der Waals surface area contributed by atoms with Crippen LogP contribution in [0.25, 0.3) is 0 Å². The highest BCUT2D eigenvalue weighted by Crippen LogP contribution is 2.48. The molecule has 0 aliphatic carbocycles. The summed E-state index contributed by atoms with van der Waals surface area (Å²) in [6.07, 6.45) is 0.466. The van der Waals surface area contributed by atoms with Crippen LogP contribution in [0.2, 0.25) is 10.0 Å². The third-order valence-corrected chi connectivity index (χ3v) is 6.04. The normalized spacial score (nSPS) is 20.2. The molecule has 0 amide bonds. The van der Waals surface area contributed by atoms with Crippen LogP contribution >= 0.6 is 39.1 Å². The average Bonchev–Trinajstić information content (AvgIpc) is 3.14. The van der Waals surface area contributed by atoms with Crippen molar-refractivity contribution in [3.63, 3.8) is 0 Å². The fourth-order valence-corrected chi connectivity index (χ4v) is 4.46. The van der Waals surface area contributed by atoms with Gasteiger partial charge in [0, 0.05) is 32.1 Å². The Morgan fingerprint density at radius 3 is 2.57 bits per heavy atom. The van der Waals surface area contributed by atoms with E-state index in [9.17, 15) is 0 Å². The molecule has 0 spiro atoms. The first kappa shape index (κ1) is 18.0. The van der Waals surface area contributed by atoms with Crippen LogP contribution in [0.5, 0.6) is 5.75 Å². The van der Waals surface area contributed by atoms with E-state index in [1.807, 2.05) is 65.7 Å². The molecular weight excluding hydrogens is 459 g/mol. The number of halogens is 3. The lowest BCUT2D eigenvalue weighted by atomic mass is 9.96. The maximum absolute atomic E-state index is 6.36. The van der Waals surface area contributed by atoms with Crippen molar-refractivity contribution < 1.29 is 4.74 Å². The van der Waals surface area contributed by atoms with Crippen molar-refractivity contribution in [1.82, 2.24) is 5.01 Å². The van der Waals surface area contributed by atoms with Crippen LogP contribution in [0.4, 0.5) is 0 Å². The molecule has 2 atom stereocenters. The van der Waals surface area contributed by atoms with Crippen LogP contribution in [0.15, 0.2) is 76.3 Å². The minimum Gasteiger partial charge on any atom is -0.464 e. The molecule has 28 heavy (non-hydrogen) atoms. The quantitative estimate of drug-likeness (QED) is 0.400. The van der Waals surface area contributed by atoms with E-state index in [4.69, 9.17) is 33.0 Å². The van der Waals surface area contributed by atoms with Crippen LogP contribution in [0, 0.1) is 0 Å². The van der Waals surface area contributed by atoms with E-state index in [0.29, 0.717) is 5.02 Å². The molecule has 6 heteroatoms. The Kier molecular flexibility index (Phi) is 4.58. The Balaban J connectivity index is 1.61. The largest absolute Gasteiger partial charge is 0.464 e. The Bertz CT molecular complexity index is 1080. The Morgan fingerprint density at radius 1 is 0.964 bits per heavy atom. The Morgan fingerprint density at radius 2 is 1.79 bits per heavy atom. The smallest absolute Gasteiger partial charge is 0.213 e. The molecule has 3 nitrogen and oxygen atoms in total. The molecule has 2 aliphatic rings. The summed E-state index contributed by atoms with van der Waals surface area (Å²) in [7, 11) is 0. The molecule has 2 aliphatic heterocycles. The van der Waals surface area contributed by atoms with Gasteiger partial charge in [-0.15, -0.1) is 0 Å². The standard InChI is InChI=1S/C22H15BrCl2N2O/c23-15-6-9-21-18(11-15)20-12-19(13-4-7-16(24)8-5-13)26-27(20)22(28-21)14-2-1-3-17(25)10-14/h1-11,20,22H,12H2/t20-,22-/m0/s1. The number of hydrogen-bond donors (Lipinski definition) is 0. The van der Waals surface area contributed by atoms with E-state index in [-0.39, 0.29) is 12.3 Å². The lowest BCUT2D eigenvalue weighted by molar-refractivity contribution is -0.0190. The predicted octanol–water partition coefficient (Wildman–Crippen LogP) is 7.00. The highest BCUT2D eigenvalue weighted by atomic mass is 79.9.